The summed E-state index contributed by atoms with van der Waals surface area (Å²) in [6.07, 6.45) is 5.93. The van der Waals surface area contributed by atoms with Crippen molar-refractivity contribution in [2.75, 3.05) is 6.61 Å². The lowest BCUT2D eigenvalue weighted by atomic mass is 10.0. The van der Waals surface area contributed by atoms with Gasteiger partial charge in [0, 0.05) is 6.42 Å². The number of benzene rings is 1. The van der Waals surface area contributed by atoms with E-state index in [1.54, 1.807) is 0 Å². The van der Waals surface area contributed by atoms with Crippen LogP contribution in [0.5, 0.6) is 0 Å². The molecule has 0 N–H and O–H groups in total. The number of carbonyl (C=O) groups excluding carboxylic acids is 1. The molecule has 0 radical (unpaired) electrons. The van der Waals surface area contributed by atoms with Crippen LogP contribution in [-0.4, -0.2) is 12.6 Å². The van der Waals surface area contributed by atoms with E-state index in [0.717, 1.165) is 19.3 Å². The van der Waals surface area contributed by atoms with Gasteiger partial charge < -0.3 is 4.74 Å². The maximum atomic E-state index is 11.8. The van der Waals surface area contributed by atoms with Gasteiger partial charge in [-0.2, -0.15) is 0 Å². The summed E-state index contributed by atoms with van der Waals surface area (Å²) in [5, 5.41) is 0. The molecule has 0 aliphatic carbocycles. The maximum Gasteiger partial charge on any atom is 0.306 e. The Bertz CT molecular complexity index is 381. The van der Waals surface area contributed by atoms with Crippen molar-refractivity contribution in [2.24, 2.45) is 5.92 Å². The number of aryl methyl sites for hydroxylation is 2. The van der Waals surface area contributed by atoms with E-state index in [1.807, 2.05) is 0 Å². The average molecular weight is 276 g/mol. The Labute approximate surface area is 123 Å². The van der Waals surface area contributed by atoms with Crippen molar-refractivity contribution >= 4 is 5.97 Å². The van der Waals surface area contributed by atoms with Gasteiger partial charge in [-0.15, -0.1) is 0 Å². The topological polar surface area (TPSA) is 26.3 Å². The zero-order valence-corrected chi connectivity index (χ0v) is 13.2. The van der Waals surface area contributed by atoms with Crippen LogP contribution in [0.25, 0.3) is 0 Å². The highest BCUT2D eigenvalue weighted by Gasteiger charge is 2.10. The summed E-state index contributed by atoms with van der Waals surface area (Å²) in [6, 6.07) is 8.33. The molecular formula is C18H28O2. The maximum absolute atomic E-state index is 11.8. The normalized spacial score (nSPS) is 12.2. The van der Waals surface area contributed by atoms with Crippen LogP contribution >= 0.6 is 0 Å². The molecule has 0 heterocycles. The molecule has 0 amide bonds. The number of unbranched alkanes of at least 4 members (excludes halogenated alkanes) is 1. The fourth-order valence-corrected chi connectivity index (χ4v) is 2.18. The third-order valence-electron chi connectivity index (χ3n) is 3.76. The first-order chi connectivity index (χ1) is 9.65. The second-order valence-electron chi connectivity index (χ2n) is 5.59. The smallest absolute Gasteiger partial charge is 0.306 e. The van der Waals surface area contributed by atoms with Crippen LogP contribution in [0.2, 0.25) is 0 Å². The van der Waals surface area contributed by atoms with E-state index < -0.39 is 0 Å². The van der Waals surface area contributed by atoms with Crippen molar-refractivity contribution in [3.63, 3.8) is 0 Å². The summed E-state index contributed by atoms with van der Waals surface area (Å²) in [6.45, 7) is 7.02. The second-order valence-corrected chi connectivity index (χ2v) is 5.59. The van der Waals surface area contributed by atoms with Gasteiger partial charge in [0.2, 0.25) is 0 Å². The summed E-state index contributed by atoms with van der Waals surface area (Å²) >= 11 is 0. The Morgan fingerprint density at radius 1 is 1.20 bits per heavy atom. The van der Waals surface area contributed by atoms with Gasteiger partial charge in [-0.05, 0) is 31.2 Å². The second kappa shape index (κ2) is 9.57. The van der Waals surface area contributed by atoms with Gasteiger partial charge in [-0.3, -0.25) is 4.79 Å². The number of hydrogen-bond acceptors (Lipinski definition) is 2. The number of ether oxygens (including phenoxy) is 1. The van der Waals surface area contributed by atoms with Crippen LogP contribution in [0.4, 0.5) is 0 Å². The molecular weight excluding hydrogens is 248 g/mol. The van der Waals surface area contributed by atoms with Gasteiger partial charge in [0.1, 0.15) is 0 Å². The lowest BCUT2D eigenvalue weighted by Gasteiger charge is -2.14. The summed E-state index contributed by atoms with van der Waals surface area (Å²) in [5.41, 5.74) is 2.45. The molecule has 0 fully saturated rings. The van der Waals surface area contributed by atoms with Gasteiger partial charge in [0.15, 0.2) is 0 Å². The van der Waals surface area contributed by atoms with Gasteiger partial charge >= 0.3 is 5.97 Å². The summed E-state index contributed by atoms with van der Waals surface area (Å²) in [7, 11) is 0. The zero-order valence-electron chi connectivity index (χ0n) is 13.2. The Balaban J connectivity index is 2.24. The van der Waals surface area contributed by atoms with Crippen LogP contribution in [0, 0.1) is 12.8 Å². The SMILES string of the molecule is CCCCC(CC)COC(=O)CCc1ccc(C)cc1. The highest BCUT2D eigenvalue weighted by Crippen LogP contribution is 2.13. The highest BCUT2D eigenvalue weighted by molar-refractivity contribution is 5.69. The molecule has 2 nitrogen and oxygen atoms in total. The minimum absolute atomic E-state index is 0.0690. The first-order valence-corrected chi connectivity index (χ1v) is 7.86. The average Bonchev–Trinajstić information content (AvgIpc) is 2.47. The van der Waals surface area contributed by atoms with Crippen LogP contribution in [0.3, 0.4) is 0 Å². The Morgan fingerprint density at radius 2 is 1.90 bits per heavy atom. The molecule has 0 spiro atoms. The summed E-state index contributed by atoms with van der Waals surface area (Å²) in [4.78, 5) is 11.8. The van der Waals surface area contributed by atoms with Gasteiger partial charge in [-0.25, -0.2) is 0 Å². The van der Waals surface area contributed by atoms with Crippen LogP contribution < -0.4 is 0 Å². The van der Waals surface area contributed by atoms with Gasteiger partial charge in [0.05, 0.1) is 6.61 Å². The fourth-order valence-electron chi connectivity index (χ4n) is 2.18. The van der Waals surface area contributed by atoms with E-state index in [4.69, 9.17) is 4.74 Å². The minimum Gasteiger partial charge on any atom is -0.465 e. The molecule has 2 heteroatoms. The molecule has 0 saturated carbocycles. The lowest BCUT2D eigenvalue weighted by molar-refractivity contribution is -0.145. The van der Waals surface area contributed by atoms with E-state index in [-0.39, 0.29) is 5.97 Å². The van der Waals surface area contributed by atoms with Gasteiger partial charge in [-0.1, -0.05) is 62.9 Å². The molecule has 1 unspecified atom stereocenters. The number of hydrogen-bond donors (Lipinski definition) is 0. The van der Waals surface area contributed by atoms with E-state index in [1.165, 1.54) is 24.0 Å². The number of rotatable bonds is 9. The molecule has 0 aliphatic heterocycles. The molecule has 0 aromatic heterocycles. The Morgan fingerprint density at radius 3 is 2.50 bits per heavy atom. The minimum atomic E-state index is -0.0690. The van der Waals surface area contributed by atoms with Crippen molar-refractivity contribution in [3.05, 3.63) is 35.4 Å². The zero-order chi connectivity index (χ0) is 14.8. The van der Waals surface area contributed by atoms with Crippen LogP contribution in [0.1, 0.15) is 57.1 Å². The van der Waals surface area contributed by atoms with E-state index in [9.17, 15) is 4.79 Å². The molecule has 112 valence electrons. The predicted octanol–water partition coefficient (Wildman–Crippen LogP) is 4.69. The van der Waals surface area contributed by atoms with Crippen molar-refractivity contribution in [3.8, 4) is 0 Å². The van der Waals surface area contributed by atoms with Crippen molar-refractivity contribution in [1.29, 1.82) is 0 Å². The standard InChI is InChI=1S/C18H28O2/c1-4-6-7-16(5-2)14-20-18(19)13-12-17-10-8-15(3)9-11-17/h8-11,16H,4-7,12-14H2,1-3H3. The molecule has 1 aromatic rings. The molecule has 0 aliphatic rings. The summed E-state index contributed by atoms with van der Waals surface area (Å²) < 4.78 is 5.40. The quantitative estimate of drug-likeness (QED) is 0.612. The monoisotopic (exact) mass is 276 g/mol. The molecule has 20 heavy (non-hydrogen) atoms. The van der Waals surface area contributed by atoms with E-state index in [2.05, 4.69) is 45.0 Å². The van der Waals surface area contributed by atoms with E-state index in [0.29, 0.717) is 18.9 Å². The third-order valence-corrected chi connectivity index (χ3v) is 3.76. The first-order valence-electron chi connectivity index (χ1n) is 7.86. The fraction of sp³-hybridized carbons (Fsp3) is 0.611. The third kappa shape index (κ3) is 6.74. The van der Waals surface area contributed by atoms with Crippen molar-refractivity contribution in [2.45, 2.75) is 59.3 Å². The van der Waals surface area contributed by atoms with Crippen molar-refractivity contribution < 1.29 is 9.53 Å². The molecule has 0 bridgehead atoms. The lowest BCUT2D eigenvalue weighted by Crippen LogP contribution is -2.14. The highest BCUT2D eigenvalue weighted by atomic mass is 16.5. The largest absolute Gasteiger partial charge is 0.465 e. The van der Waals surface area contributed by atoms with Crippen LogP contribution in [-0.2, 0) is 16.0 Å². The summed E-state index contributed by atoms with van der Waals surface area (Å²) in [5.74, 6) is 0.457. The molecule has 1 aromatic carbocycles. The Hall–Kier alpha value is -1.31. The van der Waals surface area contributed by atoms with E-state index >= 15 is 0 Å². The number of carbonyl (C=O) groups is 1. The molecule has 1 atom stereocenters. The van der Waals surface area contributed by atoms with Crippen molar-refractivity contribution in [1.82, 2.24) is 0 Å². The molecule has 1 rings (SSSR count). The van der Waals surface area contributed by atoms with Gasteiger partial charge in [0.25, 0.3) is 0 Å². The predicted molar refractivity (Wildman–Crippen MR) is 83.8 cm³/mol. The van der Waals surface area contributed by atoms with Crippen LogP contribution in [0.15, 0.2) is 24.3 Å². The first kappa shape index (κ1) is 16.7. The number of esters is 1. The molecule has 0 saturated heterocycles. The Kier molecular flexibility index (Phi) is 8.01.